The average molecular weight is 489 g/mol. The molecule has 1 amide bonds. The van der Waals surface area contributed by atoms with Crippen LogP contribution in [0.3, 0.4) is 0 Å². The summed E-state index contributed by atoms with van der Waals surface area (Å²) in [6.07, 6.45) is 0. The fourth-order valence-electron chi connectivity index (χ4n) is 4.67. The van der Waals surface area contributed by atoms with Crippen molar-refractivity contribution >= 4 is 38.4 Å². The first kappa shape index (κ1) is 23.4. The minimum absolute atomic E-state index is 0.143. The lowest BCUT2D eigenvalue weighted by Gasteiger charge is -2.37. The number of nitrogens with zero attached hydrogens (tertiary/aromatic N) is 6. The zero-order valence-electron chi connectivity index (χ0n) is 21.1. The van der Waals surface area contributed by atoms with Crippen molar-refractivity contribution in [1.29, 1.82) is 0 Å². The summed E-state index contributed by atoms with van der Waals surface area (Å²) < 4.78 is 2.96. The second-order valence-corrected chi connectivity index (χ2v) is 10.4. The minimum Gasteiger partial charge on any atom is -0.368 e. The Balaban J connectivity index is 1.26. The van der Waals surface area contributed by atoms with Gasteiger partial charge in [-0.3, -0.25) is 4.79 Å². The smallest absolute Gasteiger partial charge is 0.242 e. The van der Waals surface area contributed by atoms with Crippen LogP contribution >= 0.6 is 11.3 Å². The molecule has 4 aromatic rings. The van der Waals surface area contributed by atoms with Crippen LogP contribution in [0.25, 0.3) is 16.0 Å². The molecule has 5 rings (SSSR count). The van der Waals surface area contributed by atoms with Crippen LogP contribution in [0.1, 0.15) is 22.4 Å². The fourth-order valence-corrected chi connectivity index (χ4v) is 5.62. The van der Waals surface area contributed by atoms with Crippen LogP contribution in [0.2, 0.25) is 0 Å². The van der Waals surface area contributed by atoms with Gasteiger partial charge in [-0.25, -0.2) is 4.68 Å². The first-order valence-corrected chi connectivity index (χ1v) is 12.9. The highest BCUT2D eigenvalue weighted by molar-refractivity contribution is 7.22. The highest BCUT2D eigenvalue weighted by atomic mass is 32.1. The minimum atomic E-state index is 0.143. The summed E-state index contributed by atoms with van der Waals surface area (Å²) in [5, 5.41) is 5.54. The van der Waals surface area contributed by atoms with Gasteiger partial charge in [-0.05, 0) is 62.6 Å². The lowest BCUT2D eigenvalue weighted by atomic mass is 10.1. The third-order valence-electron chi connectivity index (χ3n) is 6.87. The Bertz CT molecular complexity index is 1380. The predicted octanol–water partition coefficient (Wildman–Crippen LogP) is 4.50. The summed E-state index contributed by atoms with van der Waals surface area (Å²) in [6, 6.07) is 14.7. The molecule has 0 saturated carbocycles. The van der Waals surface area contributed by atoms with Gasteiger partial charge < -0.3 is 14.7 Å². The first-order chi connectivity index (χ1) is 16.8. The van der Waals surface area contributed by atoms with Gasteiger partial charge in [0.25, 0.3) is 0 Å². The number of aryl methyl sites for hydroxylation is 3. The number of anilines is 2. The van der Waals surface area contributed by atoms with Crippen molar-refractivity contribution in [3.63, 3.8) is 0 Å². The van der Waals surface area contributed by atoms with E-state index in [1.807, 2.05) is 40.6 Å². The van der Waals surface area contributed by atoms with E-state index in [0.717, 1.165) is 53.0 Å². The number of carbonyl (C=O) groups excluding carboxylic acids is 1. The molecular formula is C27H32N6OS. The van der Waals surface area contributed by atoms with Crippen LogP contribution in [0.15, 0.2) is 42.5 Å². The maximum atomic E-state index is 13.1. The molecule has 3 heterocycles. The molecular weight excluding hydrogens is 456 g/mol. The van der Waals surface area contributed by atoms with E-state index in [-0.39, 0.29) is 5.91 Å². The van der Waals surface area contributed by atoms with Crippen LogP contribution in [0, 0.1) is 27.7 Å². The molecule has 0 radical (unpaired) electrons. The standard InChI is InChI=1S/C27H32N6OS/c1-18-8-6-10-22(16-18)33-26-25(21(4)29-33)35-27(28-26)30(5)17-24(34)32-14-12-31(13-15-32)23-11-7-9-19(2)20(23)3/h6-11,16H,12-15,17H2,1-5H3. The van der Waals surface area contributed by atoms with Gasteiger partial charge in [0, 0.05) is 38.9 Å². The van der Waals surface area contributed by atoms with Crippen molar-refractivity contribution in [1.82, 2.24) is 19.7 Å². The fraction of sp³-hybridized carbons (Fsp3) is 0.370. The van der Waals surface area contributed by atoms with E-state index in [4.69, 9.17) is 10.1 Å². The van der Waals surface area contributed by atoms with Crippen molar-refractivity contribution in [2.75, 3.05) is 49.6 Å². The summed E-state index contributed by atoms with van der Waals surface area (Å²) in [5.41, 5.74) is 7.88. The normalized spacial score (nSPS) is 14.1. The lowest BCUT2D eigenvalue weighted by molar-refractivity contribution is -0.129. The monoisotopic (exact) mass is 488 g/mol. The zero-order valence-corrected chi connectivity index (χ0v) is 21.9. The SMILES string of the molecule is Cc1cccc(-n2nc(C)c3sc(N(C)CC(=O)N4CCN(c5cccc(C)c5C)CC4)nc32)c1. The molecule has 0 N–H and O–H groups in total. The summed E-state index contributed by atoms with van der Waals surface area (Å²) in [6.45, 7) is 11.9. The Hall–Kier alpha value is -3.39. The quantitative estimate of drug-likeness (QED) is 0.414. The number of amides is 1. The molecule has 35 heavy (non-hydrogen) atoms. The number of thiazole rings is 1. The first-order valence-electron chi connectivity index (χ1n) is 12.0. The average Bonchev–Trinajstić information content (AvgIpc) is 3.42. The lowest BCUT2D eigenvalue weighted by Crippen LogP contribution is -2.51. The summed E-state index contributed by atoms with van der Waals surface area (Å²) >= 11 is 1.59. The number of piperazine rings is 1. The maximum absolute atomic E-state index is 13.1. The number of hydrogen-bond acceptors (Lipinski definition) is 6. The predicted molar refractivity (Wildman–Crippen MR) is 144 cm³/mol. The van der Waals surface area contributed by atoms with Crippen molar-refractivity contribution < 1.29 is 4.79 Å². The molecule has 2 aromatic heterocycles. The summed E-state index contributed by atoms with van der Waals surface area (Å²) in [4.78, 5) is 24.3. The number of carbonyl (C=O) groups is 1. The Labute approximate surface area is 210 Å². The zero-order chi connectivity index (χ0) is 24.7. The molecule has 1 aliphatic rings. The Morgan fingerprint density at radius 2 is 1.77 bits per heavy atom. The molecule has 0 unspecified atom stereocenters. The van der Waals surface area contributed by atoms with Gasteiger partial charge in [0.1, 0.15) is 0 Å². The summed E-state index contributed by atoms with van der Waals surface area (Å²) in [5.74, 6) is 0.143. The molecule has 1 saturated heterocycles. The van der Waals surface area contributed by atoms with Crippen LogP contribution < -0.4 is 9.80 Å². The third kappa shape index (κ3) is 4.50. The van der Waals surface area contributed by atoms with Crippen molar-refractivity contribution in [3.8, 4) is 5.69 Å². The molecule has 7 nitrogen and oxygen atoms in total. The number of fused-ring (bicyclic) bond motifs is 1. The van der Waals surface area contributed by atoms with E-state index >= 15 is 0 Å². The van der Waals surface area contributed by atoms with Crippen molar-refractivity contribution in [2.45, 2.75) is 27.7 Å². The molecule has 0 bridgehead atoms. The van der Waals surface area contributed by atoms with Crippen molar-refractivity contribution in [3.05, 3.63) is 64.8 Å². The highest BCUT2D eigenvalue weighted by Crippen LogP contribution is 2.32. The van der Waals surface area contributed by atoms with Gasteiger partial charge in [-0.1, -0.05) is 35.6 Å². The van der Waals surface area contributed by atoms with Crippen LogP contribution in [0.5, 0.6) is 0 Å². The number of benzene rings is 2. The molecule has 2 aromatic carbocycles. The number of likely N-dealkylation sites (N-methyl/N-ethyl adjacent to an activating group) is 1. The second-order valence-electron chi connectivity index (χ2n) is 9.43. The van der Waals surface area contributed by atoms with Gasteiger partial charge in [0.15, 0.2) is 10.8 Å². The molecule has 1 fully saturated rings. The molecule has 182 valence electrons. The van der Waals surface area contributed by atoms with Crippen LogP contribution in [-0.4, -0.2) is 65.3 Å². The number of aromatic nitrogens is 3. The third-order valence-corrected chi connectivity index (χ3v) is 8.14. The maximum Gasteiger partial charge on any atom is 0.242 e. The topological polar surface area (TPSA) is 57.5 Å². The molecule has 0 aliphatic carbocycles. The highest BCUT2D eigenvalue weighted by Gasteiger charge is 2.24. The second kappa shape index (κ2) is 9.34. The van der Waals surface area contributed by atoms with E-state index in [2.05, 4.69) is 56.0 Å². The number of hydrogen-bond donors (Lipinski definition) is 0. The van der Waals surface area contributed by atoms with E-state index in [9.17, 15) is 4.79 Å². The molecule has 0 atom stereocenters. The van der Waals surface area contributed by atoms with Crippen LogP contribution in [0.4, 0.5) is 10.8 Å². The van der Waals surface area contributed by atoms with Gasteiger partial charge >= 0.3 is 0 Å². The molecule has 8 heteroatoms. The largest absolute Gasteiger partial charge is 0.368 e. The van der Waals surface area contributed by atoms with Gasteiger partial charge in [0.05, 0.1) is 22.6 Å². The van der Waals surface area contributed by atoms with Crippen LogP contribution in [-0.2, 0) is 4.79 Å². The molecule has 0 spiro atoms. The number of rotatable bonds is 5. The summed E-state index contributed by atoms with van der Waals surface area (Å²) in [7, 11) is 1.95. The van der Waals surface area contributed by atoms with E-state index in [0.29, 0.717) is 6.54 Å². The van der Waals surface area contributed by atoms with Crippen molar-refractivity contribution in [2.24, 2.45) is 0 Å². The molecule has 1 aliphatic heterocycles. The van der Waals surface area contributed by atoms with Gasteiger partial charge in [-0.2, -0.15) is 10.1 Å². The van der Waals surface area contributed by atoms with E-state index in [1.165, 1.54) is 22.4 Å². The van der Waals surface area contributed by atoms with Gasteiger partial charge in [-0.15, -0.1) is 0 Å². The van der Waals surface area contributed by atoms with E-state index < -0.39 is 0 Å². The Morgan fingerprint density at radius 3 is 2.51 bits per heavy atom. The van der Waals surface area contributed by atoms with Gasteiger partial charge in [0.2, 0.25) is 5.91 Å². The van der Waals surface area contributed by atoms with E-state index in [1.54, 1.807) is 11.3 Å². The Morgan fingerprint density at radius 1 is 1.03 bits per heavy atom. The Kier molecular flexibility index (Phi) is 6.23.